The van der Waals surface area contributed by atoms with Crippen LogP contribution in [0, 0.1) is 12.3 Å². The fraction of sp³-hybridized carbons (Fsp3) is 0.480. The van der Waals surface area contributed by atoms with Crippen molar-refractivity contribution in [1.29, 1.82) is 5.41 Å². The number of ether oxygens (including phenoxy) is 1. The molecule has 4 heterocycles. The number of fused-ring (bicyclic) bond motifs is 1. The van der Waals surface area contributed by atoms with E-state index in [0.717, 1.165) is 54.0 Å². The minimum absolute atomic E-state index is 0.0573. The van der Waals surface area contributed by atoms with Crippen molar-refractivity contribution in [2.45, 2.75) is 39.2 Å². The van der Waals surface area contributed by atoms with Crippen LogP contribution in [0.4, 0.5) is 5.69 Å². The number of aromatic nitrogens is 2. The molecule has 1 aromatic carbocycles. The molecular formula is C25H32N6O2. The lowest BCUT2D eigenvalue weighted by Gasteiger charge is -2.38. The number of amidine groups is 1. The minimum atomic E-state index is 0.0573. The molecule has 2 aromatic rings. The third kappa shape index (κ3) is 4.15. The summed E-state index contributed by atoms with van der Waals surface area (Å²) in [6, 6.07) is 6.83. The molecule has 2 N–H and O–H groups in total. The Morgan fingerprint density at radius 3 is 2.73 bits per heavy atom. The van der Waals surface area contributed by atoms with Crippen molar-refractivity contribution >= 4 is 17.4 Å². The molecule has 174 valence electrons. The maximum Gasteiger partial charge on any atom is 0.219 e. The predicted octanol–water partition coefficient (Wildman–Crippen LogP) is 2.62. The van der Waals surface area contributed by atoms with Crippen LogP contribution in [0.5, 0.6) is 0 Å². The van der Waals surface area contributed by atoms with Crippen molar-refractivity contribution in [2.75, 3.05) is 37.7 Å². The Morgan fingerprint density at radius 1 is 1.24 bits per heavy atom. The molecule has 1 aromatic heterocycles. The smallest absolute Gasteiger partial charge is 0.219 e. The highest BCUT2D eigenvalue weighted by atomic mass is 16.5. The molecule has 3 aliphatic rings. The zero-order chi connectivity index (χ0) is 23.1. The summed E-state index contributed by atoms with van der Waals surface area (Å²) in [6.07, 6.45) is 4.79. The molecule has 0 radical (unpaired) electrons. The van der Waals surface area contributed by atoms with Crippen LogP contribution in [0.15, 0.2) is 35.7 Å². The van der Waals surface area contributed by atoms with Gasteiger partial charge in [-0.2, -0.15) is 5.10 Å². The van der Waals surface area contributed by atoms with Crippen molar-refractivity contribution in [3.63, 3.8) is 0 Å². The van der Waals surface area contributed by atoms with Crippen molar-refractivity contribution in [2.24, 2.45) is 7.05 Å². The van der Waals surface area contributed by atoms with Crippen LogP contribution in [0.25, 0.3) is 11.1 Å². The van der Waals surface area contributed by atoms with Crippen molar-refractivity contribution in [3.8, 4) is 11.1 Å². The first kappa shape index (κ1) is 21.7. The van der Waals surface area contributed by atoms with Crippen LogP contribution in [0.3, 0.4) is 0 Å². The Hall–Kier alpha value is -3.13. The molecule has 33 heavy (non-hydrogen) atoms. The summed E-state index contributed by atoms with van der Waals surface area (Å²) in [5.41, 5.74) is 7.69. The number of carbonyl (C=O) groups is 1. The van der Waals surface area contributed by atoms with Crippen LogP contribution in [-0.4, -0.2) is 65.3 Å². The van der Waals surface area contributed by atoms with Gasteiger partial charge in [-0.3, -0.25) is 14.9 Å². The van der Waals surface area contributed by atoms with Gasteiger partial charge in [-0.05, 0) is 43.0 Å². The highest BCUT2D eigenvalue weighted by molar-refractivity contribution is 6.09. The Kier molecular flexibility index (Phi) is 5.70. The van der Waals surface area contributed by atoms with E-state index in [0.29, 0.717) is 38.2 Å². The largest absolute Gasteiger partial charge is 0.381 e. The quantitative estimate of drug-likeness (QED) is 0.555. The van der Waals surface area contributed by atoms with Crippen LogP contribution in [0.2, 0.25) is 0 Å². The Balaban J connectivity index is 1.46. The van der Waals surface area contributed by atoms with E-state index in [1.807, 2.05) is 23.6 Å². The fourth-order valence-corrected chi connectivity index (χ4v) is 5.02. The average Bonchev–Trinajstić information content (AvgIpc) is 3.12. The number of aryl methyl sites for hydroxylation is 3. The first-order valence-electron chi connectivity index (χ1n) is 11.7. The lowest BCUT2D eigenvalue weighted by molar-refractivity contribution is -0.128. The van der Waals surface area contributed by atoms with E-state index in [2.05, 4.69) is 39.7 Å². The zero-order valence-corrected chi connectivity index (χ0v) is 19.6. The third-order valence-electron chi connectivity index (χ3n) is 6.89. The molecule has 1 fully saturated rings. The maximum atomic E-state index is 12.1. The van der Waals surface area contributed by atoms with Gasteiger partial charge in [0.05, 0.1) is 31.5 Å². The molecule has 0 bridgehead atoms. The fourth-order valence-electron chi connectivity index (χ4n) is 5.02. The van der Waals surface area contributed by atoms with E-state index >= 15 is 0 Å². The number of benzene rings is 1. The monoisotopic (exact) mass is 448 g/mol. The van der Waals surface area contributed by atoms with Gasteiger partial charge in [-0.25, -0.2) is 0 Å². The number of nitrogens with zero attached hydrogens (tertiary/aromatic N) is 4. The van der Waals surface area contributed by atoms with Crippen molar-refractivity contribution < 1.29 is 9.53 Å². The van der Waals surface area contributed by atoms with Gasteiger partial charge in [-0.15, -0.1) is 0 Å². The topological polar surface area (TPSA) is 86.5 Å². The summed E-state index contributed by atoms with van der Waals surface area (Å²) in [5, 5.41) is 17.3. The average molecular weight is 449 g/mol. The SMILES string of the molecule is CC(=O)N1CCC(NC2COC2)=C(C(=N)N2CCCc3cc(-c4cn(C)nc4C)ccc32)C1. The number of hydrogen-bond acceptors (Lipinski definition) is 5. The molecule has 0 unspecified atom stereocenters. The van der Waals surface area contributed by atoms with Gasteiger partial charge in [0.1, 0.15) is 5.84 Å². The maximum absolute atomic E-state index is 12.1. The number of carbonyl (C=O) groups excluding carboxylic acids is 1. The first-order valence-corrected chi connectivity index (χ1v) is 11.7. The number of hydrogen-bond donors (Lipinski definition) is 2. The van der Waals surface area contributed by atoms with E-state index < -0.39 is 0 Å². The molecule has 0 aliphatic carbocycles. The summed E-state index contributed by atoms with van der Waals surface area (Å²) in [6.45, 7) is 7.01. The first-order chi connectivity index (χ1) is 15.9. The highest BCUT2D eigenvalue weighted by Gasteiger charge is 2.31. The molecule has 5 rings (SSSR count). The van der Waals surface area contributed by atoms with Crippen LogP contribution < -0.4 is 10.2 Å². The summed E-state index contributed by atoms with van der Waals surface area (Å²) in [5.74, 6) is 0.553. The molecule has 1 saturated heterocycles. The van der Waals surface area contributed by atoms with E-state index in [9.17, 15) is 10.2 Å². The molecule has 1 amide bonds. The Labute approximate surface area is 194 Å². The standard InChI is InChI=1S/C25H32N6O2/c1-16-21(12-29(3)28-16)18-6-7-24-19(11-18)5-4-9-31(24)25(26)22-13-30(17(2)32)10-8-23(22)27-20-14-33-15-20/h6-7,11-12,20,26-27H,4-5,8-10,13-15H2,1-3H3. The lowest BCUT2D eigenvalue weighted by atomic mass is 9.95. The second-order valence-electron chi connectivity index (χ2n) is 9.28. The molecule has 8 nitrogen and oxygen atoms in total. The van der Waals surface area contributed by atoms with Crippen LogP contribution >= 0.6 is 0 Å². The second kappa shape index (κ2) is 8.67. The lowest BCUT2D eigenvalue weighted by Crippen LogP contribution is -2.50. The summed E-state index contributed by atoms with van der Waals surface area (Å²) in [7, 11) is 1.95. The van der Waals surface area contributed by atoms with Gasteiger partial charge in [0.2, 0.25) is 5.91 Å². The van der Waals surface area contributed by atoms with Gasteiger partial charge < -0.3 is 19.9 Å². The number of nitrogens with one attached hydrogen (secondary N) is 2. The summed E-state index contributed by atoms with van der Waals surface area (Å²) < 4.78 is 7.18. The molecule has 0 saturated carbocycles. The Bertz CT molecular complexity index is 1130. The number of rotatable bonds is 4. The minimum Gasteiger partial charge on any atom is -0.381 e. The normalized spacial score (nSPS) is 18.8. The van der Waals surface area contributed by atoms with Gasteiger partial charge in [0, 0.05) is 62.2 Å². The Morgan fingerprint density at radius 2 is 2.06 bits per heavy atom. The summed E-state index contributed by atoms with van der Waals surface area (Å²) >= 11 is 0. The van der Waals surface area contributed by atoms with E-state index in [1.54, 1.807) is 6.92 Å². The zero-order valence-electron chi connectivity index (χ0n) is 19.6. The molecule has 3 aliphatic heterocycles. The molecule has 8 heteroatoms. The molecular weight excluding hydrogens is 416 g/mol. The van der Waals surface area contributed by atoms with Crippen molar-refractivity contribution in [1.82, 2.24) is 20.0 Å². The van der Waals surface area contributed by atoms with Gasteiger partial charge in [0.15, 0.2) is 0 Å². The van der Waals surface area contributed by atoms with Gasteiger partial charge in [-0.1, -0.05) is 6.07 Å². The molecule has 0 atom stereocenters. The summed E-state index contributed by atoms with van der Waals surface area (Å²) in [4.78, 5) is 16.1. The number of amides is 1. The molecule has 0 spiro atoms. The number of anilines is 1. The third-order valence-corrected chi connectivity index (χ3v) is 6.89. The van der Waals surface area contributed by atoms with E-state index in [4.69, 9.17) is 4.74 Å². The predicted molar refractivity (Wildman–Crippen MR) is 128 cm³/mol. The van der Waals surface area contributed by atoms with Gasteiger partial charge in [0.25, 0.3) is 0 Å². The van der Waals surface area contributed by atoms with Crippen molar-refractivity contribution in [3.05, 3.63) is 46.9 Å². The van der Waals surface area contributed by atoms with E-state index in [-0.39, 0.29) is 5.91 Å². The van der Waals surface area contributed by atoms with E-state index in [1.165, 1.54) is 11.1 Å². The van der Waals surface area contributed by atoms with Crippen LogP contribution in [-0.2, 0) is 23.0 Å². The second-order valence-corrected chi connectivity index (χ2v) is 9.28. The highest BCUT2D eigenvalue weighted by Crippen LogP contribution is 2.34. The van der Waals surface area contributed by atoms with Crippen LogP contribution in [0.1, 0.15) is 31.0 Å². The van der Waals surface area contributed by atoms with Gasteiger partial charge >= 0.3 is 0 Å².